The second-order valence-corrected chi connectivity index (χ2v) is 7.17. The van der Waals surface area contributed by atoms with Crippen LogP contribution in [0.1, 0.15) is 18.1 Å². The molecular weight excluding hydrogens is 306 g/mol. The SMILES string of the molecule is COC(=O)[C@@H](C)Sc1nnc(Nc2ccc(C)cc2C)s1. The maximum absolute atomic E-state index is 11.4. The van der Waals surface area contributed by atoms with Crippen molar-refractivity contribution in [1.29, 1.82) is 0 Å². The number of carbonyl (C=O) groups excluding carboxylic acids is 1. The minimum Gasteiger partial charge on any atom is -0.468 e. The molecule has 0 aliphatic rings. The Balaban J connectivity index is 2.04. The van der Waals surface area contributed by atoms with Gasteiger partial charge in [0.05, 0.1) is 7.11 Å². The third kappa shape index (κ3) is 4.18. The van der Waals surface area contributed by atoms with E-state index >= 15 is 0 Å². The number of methoxy groups -OCH3 is 1. The second-order valence-electron chi connectivity index (χ2n) is 4.60. The summed E-state index contributed by atoms with van der Waals surface area (Å²) in [7, 11) is 1.38. The third-order valence-electron chi connectivity index (χ3n) is 2.84. The average Bonchev–Trinajstić information content (AvgIpc) is 2.88. The Hall–Kier alpha value is -1.60. The van der Waals surface area contributed by atoms with Crippen molar-refractivity contribution in [2.24, 2.45) is 0 Å². The molecule has 1 N–H and O–H groups in total. The molecule has 0 radical (unpaired) electrons. The van der Waals surface area contributed by atoms with Crippen LogP contribution in [0.3, 0.4) is 0 Å². The molecule has 0 saturated heterocycles. The summed E-state index contributed by atoms with van der Waals surface area (Å²) in [6, 6.07) is 6.18. The number of hydrogen-bond acceptors (Lipinski definition) is 7. The first-order valence-corrected chi connectivity index (χ1v) is 8.11. The van der Waals surface area contributed by atoms with E-state index in [0.29, 0.717) is 5.13 Å². The highest BCUT2D eigenvalue weighted by atomic mass is 32.2. The van der Waals surface area contributed by atoms with Crippen molar-refractivity contribution in [3.63, 3.8) is 0 Å². The topological polar surface area (TPSA) is 64.1 Å². The van der Waals surface area contributed by atoms with Gasteiger partial charge < -0.3 is 10.1 Å². The van der Waals surface area contributed by atoms with E-state index < -0.39 is 0 Å². The molecule has 7 heteroatoms. The molecule has 0 amide bonds. The second kappa shape index (κ2) is 6.91. The van der Waals surface area contributed by atoms with Gasteiger partial charge in [-0.25, -0.2) is 0 Å². The van der Waals surface area contributed by atoms with Gasteiger partial charge in [0.25, 0.3) is 0 Å². The number of aromatic nitrogens is 2. The Labute approximate surface area is 132 Å². The Morgan fingerprint density at radius 3 is 2.81 bits per heavy atom. The van der Waals surface area contributed by atoms with E-state index in [-0.39, 0.29) is 11.2 Å². The number of benzene rings is 1. The van der Waals surface area contributed by atoms with Crippen molar-refractivity contribution in [3.05, 3.63) is 29.3 Å². The maximum atomic E-state index is 11.4. The molecule has 0 aliphatic heterocycles. The number of esters is 1. The quantitative estimate of drug-likeness (QED) is 0.670. The number of rotatable bonds is 5. The van der Waals surface area contributed by atoms with Gasteiger partial charge in [-0.2, -0.15) is 0 Å². The molecule has 0 aliphatic carbocycles. The van der Waals surface area contributed by atoms with E-state index in [1.807, 2.05) is 19.1 Å². The number of thioether (sulfide) groups is 1. The summed E-state index contributed by atoms with van der Waals surface area (Å²) >= 11 is 2.76. The molecule has 0 bridgehead atoms. The molecule has 5 nitrogen and oxygen atoms in total. The van der Waals surface area contributed by atoms with Crippen LogP contribution < -0.4 is 5.32 Å². The lowest BCUT2D eigenvalue weighted by Crippen LogP contribution is -2.14. The van der Waals surface area contributed by atoms with Crippen LogP contribution in [0.15, 0.2) is 22.5 Å². The Morgan fingerprint density at radius 2 is 2.14 bits per heavy atom. The summed E-state index contributed by atoms with van der Waals surface area (Å²) in [6.45, 7) is 5.89. The first-order valence-electron chi connectivity index (χ1n) is 6.42. The fourth-order valence-corrected chi connectivity index (χ4v) is 3.68. The van der Waals surface area contributed by atoms with Crippen molar-refractivity contribution in [3.8, 4) is 0 Å². The smallest absolute Gasteiger partial charge is 0.318 e. The van der Waals surface area contributed by atoms with Crippen LogP contribution in [-0.4, -0.2) is 28.5 Å². The zero-order valence-corrected chi connectivity index (χ0v) is 14.0. The van der Waals surface area contributed by atoms with E-state index in [9.17, 15) is 4.79 Å². The number of carbonyl (C=O) groups is 1. The fraction of sp³-hybridized carbons (Fsp3) is 0.357. The summed E-state index contributed by atoms with van der Waals surface area (Å²) in [6.07, 6.45) is 0. The van der Waals surface area contributed by atoms with E-state index in [1.165, 1.54) is 35.8 Å². The molecule has 0 spiro atoms. The highest BCUT2D eigenvalue weighted by Crippen LogP contribution is 2.31. The van der Waals surface area contributed by atoms with Crippen LogP contribution in [0.2, 0.25) is 0 Å². The van der Waals surface area contributed by atoms with Crippen molar-refractivity contribution in [2.45, 2.75) is 30.4 Å². The number of anilines is 2. The molecule has 1 atom stereocenters. The molecule has 2 aromatic rings. The first-order chi connectivity index (χ1) is 9.99. The summed E-state index contributed by atoms with van der Waals surface area (Å²) in [5.74, 6) is -0.265. The molecule has 21 heavy (non-hydrogen) atoms. The van der Waals surface area contributed by atoms with Gasteiger partial charge in [0.1, 0.15) is 5.25 Å². The molecule has 1 heterocycles. The lowest BCUT2D eigenvalue weighted by Gasteiger charge is -2.07. The van der Waals surface area contributed by atoms with E-state index in [4.69, 9.17) is 4.74 Å². The maximum Gasteiger partial charge on any atom is 0.318 e. The van der Waals surface area contributed by atoms with Gasteiger partial charge in [-0.05, 0) is 32.4 Å². The molecule has 1 aromatic carbocycles. The van der Waals surface area contributed by atoms with Crippen LogP contribution in [-0.2, 0) is 9.53 Å². The van der Waals surface area contributed by atoms with Crippen molar-refractivity contribution < 1.29 is 9.53 Å². The molecule has 0 unspecified atom stereocenters. The predicted molar refractivity (Wildman–Crippen MR) is 86.4 cm³/mol. The normalized spacial score (nSPS) is 12.0. The molecule has 112 valence electrons. The fourth-order valence-electron chi connectivity index (χ4n) is 1.74. The minimum absolute atomic E-state index is 0.265. The zero-order chi connectivity index (χ0) is 15.4. The van der Waals surface area contributed by atoms with Crippen LogP contribution in [0.4, 0.5) is 10.8 Å². The molecular formula is C14H17N3O2S2. The molecule has 2 rings (SSSR count). The van der Waals surface area contributed by atoms with E-state index in [2.05, 4.69) is 28.5 Å². The highest BCUT2D eigenvalue weighted by molar-refractivity contribution is 8.02. The van der Waals surface area contributed by atoms with E-state index in [0.717, 1.165) is 15.6 Å². The van der Waals surface area contributed by atoms with Gasteiger partial charge in [-0.3, -0.25) is 4.79 Å². The van der Waals surface area contributed by atoms with Crippen LogP contribution >= 0.6 is 23.1 Å². The van der Waals surface area contributed by atoms with Crippen molar-refractivity contribution >= 4 is 39.9 Å². The number of nitrogens with one attached hydrogen (secondary N) is 1. The lowest BCUT2D eigenvalue weighted by molar-refractivity contribution is -0.139. The zero-order valence-electron chi connectivity index (χ0n) is 12.3. The third-order valence-corrected chi connectivity index (χ3v) is 4.84. The van der Waals surface area contributed by atoms with Crippen molar-refractivity contribution in [1.82, 2.24) is 10.2 Å². The van der Waals surface area contributed by atoms with Gasteiger partial charge in [0, 0.05) is 5.69 Å². The van der Waals surface area contributed by atoms with Crippen LogP contribution in [0, 0.1) is 13.8 Å². The number of ether oxygens (including phenoxy) is 1. The Kier molecular flexibility index (Phi) is 5.19. The predicted octanol–water partition coefficient (Wildman–Crippen LogP) is 3.55. The number of nitrogens with zero attached hydrogens (tertiary/aromatic N) is 2. The van der Waals surface area contributed by atoms with Gasteiger partial charge in [-0.1, -0.05) is 40.8 Å². The van der Waals surface area contributed by atoms with E-state index in [1.54, 1.807) is 6.92 Å². The lowest BCUT2D eigenvalue weighted by atomic mass is 10.1. The Morgan fingerprint density at radius 1 is 1.38 bits per heavy atom. The summed E-state index contributed by atoms with van der Waals surface area (Å²) in [5.41, 5.74) is 3.38. The van der Waals surface area contributed by atoms with Gasteiger partial charge in [0.2, 0.25) is 5.13 Å². The Bertz CT molecular complexity index is 643. The summed E-state index contributed by atoms with van der Waals surface area (Å²) in [4.78, 5) is 11.4. The van der Waals surface area contributed by atoms with Gasteiger partial charge in [-0.15, -0.1) is 10.2 Å². The first kappa shape index (κ1) is 15.8. The molecule has 0 fully saturated rings. The standard InChI is InChI=1S/C14H17N3O2S2/c1-8-5-6-11(9(2)7-8)15-13-16-17-14(21-13)20-10(3)12(18)19-4/h5-7,10H,1-4H3,(H,15,16)/t10-/m1/s1. The monoisotopic (exact) mass is 323 g/mol. The van der Waals surface area contributed by atoms with Crippen LogP contribution in [0.25, 0.3) is 0 Å². The summed E-state index contributed by atoms with van der Waals surface area (Å²) < 4.78 is 5.43. The van der Waals surface area contributed by atoms with Gasteiger partial charge in [0.15, 0.2) is 4.34 Å². The molecule has 0 saturated carbocycles. The summed E-state index contributed by atoms with van der Waals surface area (Å²) in [5, 5.41) is 11.8. The van der Waals surface area contributed by atoms with Crippen molar-refractivity contribution in [2.75, 3.05) is 12.4 Å². The van der Waals surface area contributed by atoms with Crippen LogP contribution in [0.5, 0.6) is 0 Å². The minimum atomic E-state index is -0.295. The highest BCUT2D eigenvalue weighted by Gasteiger charge is 2.17. The number of aryl methyl sites for hydroxylation is 2. The van der Waals surface area contributed by atoms with Gasteiger partial charge >= 0.3 is 5.97 Å². The largest absolute Gasteiger partial charge is 0.468 e. The molecule has 1 aromatic heterocycles. The average molecular weight is 323 g/mol. The number of hydrogen-bond donors (Lipinski definition) is 1.